The van der Waals surface area contributed by atoms with Gasteiger partial charge in [0, 0.05) is 34.6 Å². The molecule has 0 saturated heterocycles. The summed E-state index contributed by atoms with van der Waals surface area (Å²) in [4.78, 5) is 18.8. The summed E-state index contributed by atoms with van der Waals surface area (Å²) in [6, 6.07) is 17.2. The van der Waals surface area contributed by atoms with Gasteiger partial charge in [-0.15, -0.1) is 0 Å². The van der Waals surface area contributed by atoms with Crippen molar-refractivity contribution >= 4 is 44.1 Å². The Morgan fingerprint density at radius 3 is 2.56 bits per heavy atom. The molecule has 6 nitrogen and oxygen atoms in total. The van der Waals surface area contributed by atoms with Crippen molar-refractivity contribution in [2.45, 2.75) is 26.9 Å². The second kappa shape index (κ2) is 10.8. The van der Waals surface area contributed by atoms with E-state index in [-0.39, 0.29) is 23.8 Å². The molecule has 4 rings (SSSR count). The monoisotopic (exact) mass is 547 g/mol. The van der Waals surface area contributed by atoms with Crippen LogP contribution in [0, 0.1) is 17.1 Å². The minimum absolute atomic E-state index is 0.0511. The first kappa shape index (κ1) is 25.1. The van der Waals surface area contributed by atoms with Crippen LogP contribution in [0.3, 0.4) is 0 Å². The molecule has 4 aromatic rings. The fourth-order valence-corrected chi connectivity index (χ4v) is 4.40. The van der Waals surface area contributed by atoms with Crippen LogP contribution in [0.2, 0.25) is 0 Å². The zero-order chi connectivity index (χ0) is 25.8. The van der Waals surface area contributed by atoms with E-state index in [1.54, 1.807) is 25.4 Å². The Morgan fingerprint density at radius 2 is 1.92 bits per heavy atom. The number of rotatable bonds is 7. The molecular formula is C28H23BrFN3O3. The van der Waals surface area contributed by atoms with E-state index in [9.17, 15) is 4.79 Å². The van der Waals surface area contributed by atoms with Gasteiger partial charge in [-0.3, -0.25) is 14.7 Å². The number of methoxy groups -OCH3 is 1. The average Bonchev–Trinajstić information content (AvgIpc) is 2.88. The predicted molar refractivity (Wildman–Crippen MR) is 140 cm³/mol. The molecular weight excluding hydrogens is 525 g/mol. The molecule has 3 aromatic carbocycles. The first-order valence-corrected chi connectivity index (χ1v) is 12.0. The Hall–Kier alpha value is -3.96. The summed E-state index contributed by atoms with van der Waals surface area (Å²) in [5, 5.41) is 9.74. The molecule has 0 aliphatic heterocycles. The lowest BCUT2D eigenvalue weighted by Crippen LogP contribution is -2.25. The number of amides is 1. The van der Waals surface area contributed by atoms with E-state index >= 15 is 4.39 Å². The van der Waals surface area contributed by atoms with Crippen LogP contribution in [-0.4, -0.2) is 18.0 Å². The minimum Gasteiger partial charge on any atom is -0.493 e. The molecule has 36 heavy (non-hydrogen) atoms. The average molecular weight is 548 g/mol. The maximum Gasteiger partial charge on any atom is 0.228 e. The van der Waals surface area contributed by atoms with E-state index in [4.69, 9.17) is 14.7 Å². The zero-order valence-electron chi connectivity index (χ0n) is 20.0. The molecule has 0 unspecified atom stereocenters. The van der Waals surface area contributed by atoms with Crippen molar-refractivity contribution in [3.8, 4) is 17.6 Å². The number of hydrogen-bond acceptors (Lipinski definition) is 5. The predicted octanol–water partition coefficient (Wildman–Crippen LogP) is 6.84. The van der Waals surface area contributed by atoms with Gasteiger partial charge in [0.05, 0.1) is 35.6 Å². The van der Waals surface area contributed by atoms with Crippen molar-refractivity contribution in [2.24, 2.45) is 0 Å². The second-order valence-corrected chi connectivity index (χ2v) is 8.87. The van der Waals surface area contributed by atoms with Gasteiger partial charge in [0.1, 0.15) is 12.4 Å². The number of carbonyl (C=O) groups excluding carboxylic acids is 1. The van der Waals surface area contributed by atoms with Crippen LogP contribution in [0.5, 0.6) is 11.5 Å². The number of hydrogen-bond donors (Lipinski definition) is 0. The Balaban J connectivity index is 1.91. The van der Waals surface area contributed by atoms with Crippen LogP contribution in [0.15, 0.2) is 65.3 Å². The van der Waals surface area contributed by atoms with E-state index in [1.807, 2.05) is 37.3 Å². The van der Waals surface area contributed by atoms with Gasteiger partial charge in [-0.05, 0) is 42.3 Å². The SMILES string of the molecule is CCc1cnc2cc(OC)c(OCc3ccccc3Br)cc2c1N(C(C)=O)c1ccc(C#N)cc1F. The van der Waals surface area contributed by atoms with E-state index in [0.29, 0.717) is 34.5 Å². The number of carbonyl (C=O) groups is 1. The quantitative estimate of drug-likeness (QED) is 0.253. The van der Waals surface area contributed by atoms with Crippen LogP contribution in [-0.2, 0) is 17.8 Å². The normalized spacial score (nSPS) is 10.7. The molecule has 0 aliphatic carbocycles. The van der Waals surface area contributed by atoms with Gasteiger partial charge < -0.3 is 9.47 Å². The standard InChI is InChI=1S/C28H23BrFN3O3/c1-4-19-15-32-24-13-26(35-3)27(36-16-20-7-5-6-8-22(20)29)12-21(24)28(19)33(17(2)34)25-10-9-18(14-31)11-23(25)30/h5-13,15H,4,16H2,1-3H3. The van der Waals surface area contributed by atoms with E-state index in [2.05, 4.69) is 20.9 Å². The van der Waals surface area contributed by atoms with Gasteiger partial charge in [-0.2, -0.15) is 5.26 Å². The molecule has 0 bridgehead atoms. The first-order chi connectivity index (χ1) is 17.4. The highest BCUT2D eigenvalue weighted by Crippen LogP contribution is 2.41. The van der Waals surface area contributed by atoms with Crippen molar-refractivity contribution in [3.63, 3.8) is 0 Å². The lowest BCUT2D eigenvalue weighted by Gasteiger charge is -2.26. The van der Waals surface area contributed by atoms with Gasteiger partial charge in [0.2, 0.25) is 5.91 Å². The third-order valence-corrected chi connectivity index (χ3v) is 6.55. The molecule has 0 fully saturated rings. The Bertz CT molecular complexity index is 1500. The summed E-state index contributed by atoms with van der Waals surface area (Å²) >= 11 is 3.53. The third-order valence-electron chi connectivity index (χ3n) is 5.78. The number of pyridine rings is 1. The molecule has 1 aromatic heterocycles. The van der Waals surface area contributed by atoms with Crippen molar-refractivity contribution in [2.75, 3.05) is 12.0 Å². The molecule has 0 saturated carbocycles. The molecule has 182 valence electrons. The minimum atomic E-state index is -0.671. The largest absolute Gasteiger partial charge is 0.493 e. The number of nitriles is 1. The van der Waals surface area contributed by atoms with Gasteiger partial charge in [0.15, 0.2) is 11.5 Å². The van der Waals surface area contributed by atoms with Crippen molar-refractivity contribution in [1.29, 1.82) is 5.26 Å². The van der Waals surface area contributed by atoms with Crippen LogP contribution >= 0.6 is 15.9 Å². The van der Waals surface area contributed by atoms with Crippen LogP contribution in [0.4, 0.5) is 15.8 Å². The summed E-state index contributed by atoms with van der Waals surface area (Å²) in [7, 11) is 1.54. The van der Waals surface area contributed by atoms with Gasteiger partial charge in [-0.25, -0.2) is 4.39 Å². The highest BCUT2D eigenvalue weighted by Gasteiger charge is 2.25. The fourth-order valence-electron chi connectivity index (χ4n) is 4.00. The maximum absolute atomic E-state index is 15.1. The van der Waals surface area contributed by atoms with Gasteiger partial charge in [-0.1, -0.05) is 41.1 Å². The van der Waals surface area contributed by atoms with Crippen molar-refractivity contribution in [1.82, 2.24) is 4.98 Å². The number of nitrogens with zero attached hydrogens (tertiary/aromatic N) is 3. The van der Waals surface area contributed by atoms with Crippen molar-refractivity contribution < 1.29 is 18.7 Å². The molecule has 0 N–H and O–H groups in total. The summed E-state index contributed by atoms with van der Waals surface area (Å²) in [6.45, 7) is 3.59. The number of aryl methyl sites for hydroxylation is 1. The number of halogens is 2. The van der Waals surface area contributed by atoms with Crippen LogP contribution in [0.1, 0.15) is 30.5 Å². The smallest absolute Gasteiger partial charge is 0.228 e. The van der Waals surface area contributed by atoms with Crippen LogP contribution < -0.4 is 14.4 Å². The van der Waals surface area contributed by atoms with Gasteiger partial charge >= 0.3 is 0 Å². The van der Waals surface area contributed by atoms with E-state index < -0.39 is 5.82 Å². The molecule has 0 atom stereocenters. The molecule has 1 amide bonds. The lowest BCUT2D eigenvalue weighted by atomic mass is 10.0. The fraction of sp³-hybridized carbons (Fsp3) is 0.179. The Kier molecular flexibility index (Phi) is 7.51. The number of benzene rings is 3. The molecule has 0 spiro atoms. The summed E-state index contributed by atoms with van der Waals surface area (Å²) in [5.74, 6) is -0.112. The summed E-state index contributed by atoms with van der Waals surface area (Å²) in [6.07, 6.45) is 2.23. The number of aromatic nitrogens is 1. The van der Waals surface area contributed by atoms with E-state index in [1.165, 1.54) is 24.0 Å². The highest BCUT2D eigenvalue weighted by atomic mass is 79.9. The molecule has 8 heteroatoms. The lowest BCUT2D eigenvalue weighted by molar-refractivity contribution is -0.115. The molecule has 0 radical (unpaired) electrons. The third kappa shape index (κ3) is 4.88. The second-order valence-electron chi connectivity index (χ2n) is 8.02. The maximum atomic E-state index is 15.1. The summed E-state index contributed by atoms with van der Waals surface area (Å²) in [5.41, 5.74) is 2.99. The Labute approximate surface area is 217 Å². The Morgan fingerprint density at radius 1 is 1.14 bits per heavy atom. The highest BCUT2D eigenvalue weighted by molar-refractivity contribution is 9.10. The number of fused-ring (bicyclic) bond motifs is 1. The molecule has 0 aliphatic rings. The number of anilines is 2. The van der Waals surface area contributed by atoms with Crippen LogP contribution in [0.25, 0.3) is 10.9 Å². The summed E-state index contributed by atoms with van der Waals surface area (Å²) < 4.78 is 27.7. The van der Waals surface area contributed by atoms with Crippen molar-refractivity contribution in [3.05, 3.63) is 87.8 Å². The molecule has 1 heterocycles. The first-order valence-electron chi connectivity index (χ1n) is 11.2. The zero-order valence-corrected chi connectivity index (χ0v) is 21.6. The van der Waals surface area contributed by atoms with Gasteiger partial charge in [0.25, 0.3) is 0 Å². The van der Waals surface area contributed by atoms with E-state index in [0.717, 1.165) is 21.7 Å². The topological polar surface area (TPSA) is 75.5 Å². The number of ether oxygens (including phenoxy) is 2.